The molecule has 2 unspecified atom stereocenters. The Hall–Kier alpha value is -3.40. The second-order valence-corrected chi connectivity index (χ2v) is 9.16. The zero-order valence-electron chi connectivity index (χ0n) is 18.2. The van der Waals surface area contributed by atoms with Crippen LogP contribution in [0.15, 0.2) is 73.1 Å². The Kier molecular flexibility index (Phi) is 4.60. The Bertz CT molecular complexity index is 1190. The van der Waals surface area contributed by atoms with E-state index in [-0.39, 0.29) is 24.1 Å². The van der Waals surface area contributed by atoms with Gasteiger partial charge in [0, 0.05) is 24.4 Å². The van der Waals surface area contributed by atoms with Gasteiger partial charge in [-0.15, -0.1) is 0 Å². The average Bonchev–Trinajstić information content (AvgIpc) is 3.28. The third-order valence-corrected chi connectivity index (χ3v) is 7.19. The topological polar surface area (TPSA) is 42.4 Å². The summed E-state index contributed by atoms with van der Waals surface area (Å²) < 4.78 is 5.97. The summed E-state index contributed by atoms with van der Waals surface area (Å²) in [6.07, 6.45) is 8.77. The lowest BCUT2D eigenvalue weighted by atomic mass is 9.95. The molecule has 1 fully saturated rings. The number of pyridine rings is 1. The van der Waals surface area contributed by atoms with Crippen molar-refractivity contribution in [3.05, 3.63) is 95.3 Å². The van der Waals surface area contributed by atoms with E-state index in [2.05, 4.69) is 72.6 Å². The Labute approximate surface area is 188 Å². The molecule has 3 aromatic rings. The van der Waals surface area contributed by atoms with Gasteiger partial charge in [-0.25, -0.2) is 4.79 Å². The summed E-state index contributed by atoms with van der Waals surface area (Å²) in [5.41, 5.74) is 8.64. The molecule has 1 saturated heterocycles. The second kappa shape index (κ2) is 7.63. The number of benzene rings is 2. The highest BCUT2D eigenvalue weighted by molar-refractivity contribution is 5.79. The molecular weight excluding hydrogens is 396 g/mol. The first-order valence-corrected chi connectivity index (χ1v) is 11.4. The van der Waals surface area contributed by atoms with E-state index < -0.39 is 0 Å². The van der Waals surface area contributed by atoms with Crippen molar-refractivity contribution in [1.82, 2.24) is 9.88 Å². The van der Waals surface area contributed by atoms with Crippen molar-refractivity contribution >= 4 is 11.7 Å². The van der Waals surface area contributed by atoms with E-state index in [4.69, 9.17) is 4.74 Å². The monoisotopic (exact) mass is 422 g/mol. The van der Waals surface area contributed by atoms with Crippen LogP contribution >= 0.6 is 0 Å². The predicted molar refractivity (Wildman–Crippen MR) is 125 cm³/mol. The third kappa shape index (κ3) is 3.13. The minimum atomic E-state index is -0.183. The van der Waals surface area contributed by atoms with Gasteiger partial charge < -0.3 is 4.74 Å². The summed E-state index contributed by atoms with van der Waals surface area (Å²) in [5, 5.41) is 0. The van der Waals surface area contributed by atoms with E-state index in [0.717, 1.165) is 24.8 Å². The Morgan fingerprint density at radius 1 is 1.03 bits per heavy atom. The van der Waals surface area contributed by atoms with Gasteiger partial charge >= 0.3 is 6.09 Å². The molecule has 0 spiro atoms. The van der Waals surface area contributed by atoms with Gasteiger partial charge in [0.05, 0.1) is 6.04 Å². The lowest BCUT2D eigenvalue weighted by Gasteiger charge is -2.33. The minimum absolute atomic E-state index is 0.0956. The first-order valence-electron chi connectivity index (χ1n) is 11.4. The zero-order valence-corrected chi connectivity index (χ0v) is 18.2. The van der Waals surface area contributed by atoms with Crippen molar-refractivity contribution in [3.8, 4) is 11.1 Å². The summed E-state index contributed by atoms with van der Waals surface area (Å²) in [6, 6.07) is 19.4. The maximum Gasteiger partial charge on any atom is 0.410 e. The van der Waals surface area contributed by atoms with Crippen molar-refractivity contribution in [2.24, 2.45) is 0 Å². The quantitative estimate of drug-likeness (QED) is 0.523. The number of hydrogen-bond donors (Lipinski definition) is 0. The SMILES string of the molecule is Cc1cncc(C2=CC3CCC(C2)N3C(=O)OCC2c3ccccc3-c3ccccc32)c1. The zero-order chi connectivity index (χ0) is 21.7. The van der Waals surface area contributed by atoms with Crippen LogP contribution in [0, 0.1) is 6.92 Å². The van der Waals surface area contributed by atoms with Gasteiger partial charge in [0.25, 0.3) is 0 Å². The van der Waals surface area contributed by atoms with Crippen LogP contribution in [0.5, 0.6) is 0 Å². The van der Waals surface area contributed by atoms with Crippen LogP contribution in [0.4, 0.5) is 4.79 Å². The maximum absolute atomic E-state index is 13.2. The van der Waals surface area contributed by atoms with Crippen molar-refractivity contribution in [1.29, 1.82) is 0 Å². The van der Waals surface area contributed by atoms with Gasteiger partial charge in [0.1, 0.15) is 6.61 Å². The summed E-state index contributed by atoms with van der Waals surface area (Å²) in [5.74, 6) is 0.0956. The smallest absolute Gasteiger partial charge is 0.410 e. The van der Waals surface area contributed by atoms with Crippen LogP contribution in [0.3, 0.4) is 0 Å². The van der Waals surface area contributed by atoms with Gasteiger partial charge in [-0.2, -0.15) is 0 Å². The highest BCUT2D eigenvalue weighted by Gasteiger charge is 2.41. The molecule has 32 heavy (non-hydrogen) atoms. The van der Waals surface area contributed by atoms with Gasteiger partial charge in [0.2, 0.25) is 0 Å². The molecule has 3 heterocycles. The van der Waals surface area contributed by atoms with Gasteiger partial charge in [-0.1, -0.05) is 54.6 Å². The molecule has 160 valence electrons. The molecule has 2 aromatic carbocycles. The Balaban J connectivity index is 1.20. The molecule has 0 N–H and O–H groups in total. The molecule has 6 rings (SSSR count). The number of amides is 1. The minimum Gasteiger partial charge on any atom is -0.448 e. The molecule has 3 aliphatic rings. The largest absolute Gasteiger partial charge is 0.448 e. The van der Waals surface area contributed by atoms with Crippen LogP contribution in [0.25, 0.3) is 16.7 Å². The molecule has 2 bridgehead atoms. The molecule has 0 saturated carbocycles. The van der Waals surface area contributed by atoms with E-state index in [9.17, 15) is 4.79 Å². The third-order valence-electron chi connectivity index (χ3n) is 7.19. The molecule has 2 aliphatic heterocycles. The summed E-state index contributed by atoms with van der Waals surface area (Å²) in [6.45, 7) is 2.44. The van der Waals surface area contributed by atoms with Crippen LogP contribution in [0.2, 0.25) is 0 Å². The fourth-order valence-electron chi connectivity index (χ4n) is 5.73. The number of hydrogen-bond acceptors (Lipinski definition) is 3. The number of aryl methyl sites for hydroxylation is 1. The van der Waals surface area contributed by atoms with Crippen LogP contribution < -0.4 is 0 Å². The van der Waals surface area contributed by atoms with E-state index >= 15 is 0 Å². The highest BCUT2D eigenvalue weighted by atomic mass is 16.6. The highest BCUT2D eigenvalue weighted by Crippen LogP contribution is 2.45. The van der Waals surface area contributed by atoms with Gasteiger partial charge in [-0.05, 0) is 71.2 Å². The molecule has 2 atom stereocenters. The van der Waals surface area contributed by atoms with Crippen LogP contribution in [-0.2, 0) is 4.74 Å². The van der Waals surface area contributed by atoms with E-state index in [0.29, 0.717) is 6.61 Å². The first kappa shape index (κ1) is 19.3. The van der Waals surface area contributed by atoms with Crippen LogP contribution in [-0.4, -0.2) is 34.7 Å². The Morgan fingerprint density at radius 2 is 1.75 bits per heavy atom. The lowest BCUT2D eigenvalue weighted by molar-refractivity contribution is 0.0866. The first-order chi connectivity index (χ1) is 15.7. The molecule has 1 amide bonds. The lowest BCUT2D eigenvalue weighted by Crippen LogP contribution is -2.43. The molecule has 1 aliphatic carbocycles. The van der Waals surface area contributed by atoms with E-state index in [1.165, 1.54) is 33.4 Å². The van der Waals surface area contributed by atoms with Crippen molar-refractivity contribution in [3.63, 3.8) is 0 Å². The van der Waals surface area contributed by atoms with Crippen molar-refractivity contribution in [2.45, 2.75) is 44.2 Å². The summed E-state index contributed by atoms with van der Waals surface area (Å²) >= 11 is 0. The van der Waals surface area contributed by atoms with E-state index in [1.54, 1.807) is 0 Å². The average molecular weight is 423 g/mol. The number of rotatable bonds is 3. The number of nitrogens with zero attached hydrogens (tertiary/aromatic N) is 2. The fourth-order valence-corrected chi connectivity index (χ4v) is 5.73. The van der Waals surface area contributed by atoms with E-state index in [1.807, 2.05) is 17.3 Å². The maximum atomic E-state index is 13.2. The number of aromatic nitrogens is 1. The molecular formula is C28H26N2O2. The second-order valence-electron chi connectivity index (χ2n) is 9.16. The number of carbonyl (C=O) groups excluding carboxylic acids is 1. The summed E-state index contributed by atoms with van der Waals surface area (Å²) in [4.78, 5) is 19.5. The van der Waals surface area contributed by atoms with Crippen LogP contribution in [0.1, 0.15) is 47.4 Å². The molecule has 4 heteroatoms. The molecule has 1 aromatic heterocycles. The number of fused-ring (bicyclic) bond motifs is 5. The van der Waals surface area contributed by atoms with Gasteiger partial charge in [0.15, 0.2) is 0 Å². The molecule has 4 nitrogen and oxygen atoms in total. The molecule has 0 radical (unpaired) electrons. The summed E-state index contributed by atoms with van der Waals surface area (Å²) in [7, 11) is 0. The predicted octanol–water partition coefficient (Wildman–Crippen LogP) is 5.96. The van der Waals surface area contributed by atoms with Gasteiger partial charge in [-0.3, -0.25) is 9.88 Å². The normalized spacial score (nSPS) is 21.2. The standard InChI is InChI=1S/C28H26N2O2/c1-18-12-20(16-29-15-18)19-13-21-10-11-22(14-19)30(21)28(31)32-17-27-25-8-4-2-6-23(25)24-7-3-5-9-26(24)27/h2-9,12-13,15-16,21-22,27H,10-11,14,17H2,1H3. The Morgan fingerprint density at radius 3 is 2.44 bits per heavy atom. The van der Waals surface area contributed by atoms with Crippen molar-refractivity contribution < 1.29 is 9.53 Å². The number of ether oxygens (including phenoxy) is 1. The van der Waals surface area contributed by atoms with Crippen molar-refractivity contribution in [2.75, 3.05) is 6.61 Å². The number of carbonyl (C=O) groups is 1. The fraction of sp³-hybridized carbons (Fsp3) is 0.286.